The van der Waals surface area contributed by atoms with Crippen molar-refractivity contribution < 1.29 is 14.8 Å². The molecule has 2 rings (SSSR count). The molecule has 0 heterocycles. The van der Waals surface area contributed by atoms with Crippen molar-refractivity contribution in [2.75, 3.05) is 0 Å². The lowest BCUT2D eigenvalue weighted by Crippen LogP contribution is -2.29. The maximum atomic E-state index is 8.99. The fraction of sp³-hybridized carbons (Fsp3) is 0.143. The van der Waals surface area contributed by atoms with Crippen molar-refractivity contribution in [1.82, 2.24) is 0 Å². The van der Waals surface area contributed by atoms with Gasteiger partial charge in [0.25, 0.3) is 0 Å². The lowest BCUT2D eigenvalue weighted by molar-refractivity contribution is 0.306. The van der Waals surface area contributed by atoms with E-state index >= 15 is 0 Å². The Balaban J connectivity index is 2.00. The zero-order valence-electron chi connectivity index (χ0n) is 10.5. The first-order valence-electron chi connectivity index (χ1n) is 5.90. The Morgan fingerprint density at radius 1 is 1.11 bits per heavy atom. The van der Waals surface area contributed by atoms with Crippen molar-refractivity contribution in [2.45, 2.75) is 13.5 Å². The van der Waals surface area contributed by atoms with E-state index in [4.69, 9.17) is 26.4 Å². The van der Waals surface area contributed by atoms with Gasteiger partial charge in [-0.25, -0.2) is 0 Å². The number of halogens is 1. The van der Waals surface area contributed by atoms with Gasteiger partial charge in [-0.05, 0) is 41.7 Å². The Kier molecular flexibility index (Phi) is 4.48. The standard InChI is InChI=1S/C14H14BClO3/c1-10-8-13(6-7-14(10)16)19-9-11-2-4-12(5-3-11)15(17)18/h2-8,17-18H,9H2,1H3. The summed E-state index contributed by atoms with van der Waals surface area (Å²) in [5.41, 5.74) is 2.39. The summed E-state index contributed by atoms with van der Waals surface area (Å²) in [6.07, 6.45) is 0. The summed E-state index contributed by atoms with van der Waals surface area (Å²) in [5, 5.41) is 18.7. The van der Waals surface area contributed by atoms with Gasteiger partial charge in [0.15, 0.2) is 0 Å². The quantitative estimate of drug-likeness (QED) is 0.839. The van der Waals surface area contributed by atoms with Gasteiger partial charge in [0.05, 0.1) is 0 Å². The SMILES string of the molecule is Cc1cc(OCc2ccc(B(O)O)cc2)ccc1Cl. The summed E-state index contributed by atoms with van der Waals surface area (Å²) in [6, 6.07) is 12.4. The van der Waals surface area contributed by atoms with Gasteiger partial charge in [0.1, 0.15) is 12.4 Å². The van der Waals surface area contributed by atoms with Gasteiger partial charge in [-0.1, -0.05) is 35.9 Å². The lowest BCUT2D eigenvalue weighted by atomic mass is 9.80. The van der Waals surface area contributed by atoms with Crippen molar-refractivity contribution in [2.24, 2.45) is 0 Å². The van der Waals surface area contributed by atoms with Crippen molar-refractivity contribution in [3.8, 4) is 5.75 Å². The van der Waals surface area contributed by atoms with E-state index < -0.39 is 7.12 Å². The van der Waals surface area contributed by atoms with Gasteiger partial charge < -0.3 is 14.8 Å². The number of ether oxygens (including phenoxy) is 1. The van der Waals surface area contributed by atoms with E-state index in [1.807, 2.05) is 19.1 Å². The molecule has 0 aromatic heterocycles. The molecule has 0 radical (unpaired) electrons. The maximum Gasteiger partial charge on any atom is 0.488 e. The summed E-state index contributed by atoms with van der Waals surface area (Å²) < 4.78 is 5.64. The minimum atomic E-state index is -1.44. The zero-order valence-corrected chi connectivity index (χ0v) is 11.3. The van der Waals surface area contributed by atoms with E-state index in [2.05, 4.69) is 0 Å². The van der Waals surface area contributed by atoms with Crippen LogP contribution in [-0.2, 0) is 6.61 Å². The van der Waals surface area contributed by atoms with Crippen LogP contribution in [-0.4, -0.2) is 17.2 Å². The van der Waals surface area contributed by atoms with Crippen molar-refractivity contribution in [3.63, 3.8) is 0 Å². The summed E-state index contributed by atoms with van der Waals surface area (Å²) in [7, 11) is -1.44. The molecule has 0 aliphatic heterocycles. The Bertz CT molecular complexity index is 555. The molecular formula is C14H14BClO3. The van der Waals surface area contributed by atoms with Crippen LogP contribution in [0, 0.1) is 6.92 Å². The van der Waals surface area contributed by atoms with Crippen LogP contribution in [0.5, 0.6) is 5.75 Å². The van der Waals surface area contributed by atoms with Crippen LogP contribution in [0.15, 0.2) is 42.5 Å². The molecule has 0 fully saturated rings. The highest BCUT2D eigenvalue weighted by Crippen LogP contribution is 2.21. The van der Waals surface area contributed by atoms with Gasteiger partial charge in [-0.15, -0.1) is 0 Å². The molecule has 0 unspecified atom stereocenters. The molecule has 0 atom stereocenters. The van der Waals surface area contributed by atoms with Crippen LogP contribution in [0.4, 0.5) is 0 Å². The van der Waals surface area contributed by atoms with Crippen LogP contribution in [0.25, 0.3) is 0 Å². The molecule has 0 spiro atoms. The molecule has 0 aliphatic carbocycles. The van der Waals surface area contributed by atoms with Crippen LogP contribution in [0.3, 0.4) is 0 Å². The van der Waals surface area contributed by atoms with Crippen LogP contribution < -0.4 is 10.2 Å². The van der Waals surface area contributed by atoms with E-state index in [9.17, 15) is 0 Å². The number of benzene rings is 2. The third kappa shape index (κ3) is 3.74. The van der Waals surface area contributed by atoms with Gasteiger partial charge >= 0.3 is 7.12 Å². The predicted octanol–water partition coefficient (Wildman–Crippen LogP) is 1.91. The highest BCUT2D eigenvalue weighted by molar-refractivity contribution is 6.58. The number of rotatable bonds is 4. The summed E-state index contributed by atoms with van der Waals surface area (Å²) >= 11 is 5.94. The van der Waals surface area contributed by atoms with Crippen LogP contribution >= 0.6 is 11.6 Å². The Hall–Kier alpha value is -1.49. The maximum absolute atomic E-state index is 8.99. The van der Waals surface area contributed by atoms with E-state index in [1.165, 1.54) is 0 Å². The van der Waals surface area contributed by atoms with E-state index in [-0.39, 0.29) is 0 Å². The normalized spacial score (nSPS) is 10.3. The van der Waals surface area contributed by atoms with E-state index in [1.54, 1.807) is 30.3 Å². The van der Waals surface area contributed by atoms with Crippen molar-refractivity contribution >= 4 is 24.2 Å². The van der Waals surface area contributed by atoms with E-state index in [0.29, 0.717) is 17.1 Å². The number of aryl methyl sites for hydroxylation is 1. The second-order valence-corrected chi connectivity index (χ2v) is 4.72. The van der Waals surface area contributed by atoms with Gasteiger partial charge in [-0.2, -0.15) is 0 Å². The Morgan fingerprint density at radius 2 is 1.79 bits per heavy atom. The van der Waals surface area contributed by atoms with E-state index in [0.717, 1.165) is 16.9 Å². The Labute approximate surface area is 117 Å². The second kappa shape index (κ2) is 6.11. The van der Waals surface area contributed by atoms with Gasteiger partial charge in [0.2, 0.25) is 0 Å². The average Bonchev–Trinajstić information content (AvgIpc) is 2.40. The van der Waals surface area contributed by atoms with Crippen LogP contribution in [0.2, 0.25) is 5.02 Å². The predicted molar refractivity (Wildman–Crippen MR) is 76.8 cm³/mol. The third-order valence-corrected chi connectivity index (χ3v) is 3.24. The third-order valence-electron chi connectivity index (χ3n) is 2.81. The first kappa shape index (κ1) is 13.9. The number of hydrogen-bond donors (Lipinski definition) is 2. The topological polar surface area (TPSA) is 49.7 Å². The molecule has 0 bridgehead atoms. The zero-order chi connectivity index (χ0) is 13.8. The Morgan fingerprint density at radius 3 is 2.37 bits per heavy atom. The lowest BCUT2D eigenvalue weighted by Gasteiger charge is -2.08. The fourth-order valence-corrected chi connectivity index (χ4v) is 1.78. The van der Waals surface area contributed by atoms with Gasteiger partial charge in [0, 0.05) is 5.02 Å². The minimum Gasteiger partial charge on any atom is -0.489 e. The monoisotopic (exact) mass is 276 g/mol. The first-order valence-corrected chi connectivity index (χ1v) is 6.28. The molecule has 0 amide bonds. The molecular weight excluding hydrogens is 262 g/mol. The van der Waals surface area contributed by atoms with Crippen molar-refractivity contribution in [3.05, 3.63) is 58.6 Å². The highest BCUT2D eigenvalue weighted by atomic mass is 35.5. The van der Waals surface area contributed by atoms with Crippen LogP contribution in [0.1, 0.15) is 11.1 Å². The molecule has 3 nitrogen and oxygen atoms in total. The molecule has 2 aromatic rings. The molecule has 2 aromatic carbocycles. The molecule has 19 heavy (non-hydrogen) atoms. The summed E-state index contributed by atoms with van der Waals surface area (Å²) in [6.45, 7) is 2.34. The summed E-state index contributed by atoms with van der Waals surface area (Å²) in [5.74, 6) is 0.758. The highest BCUT2D eigenvalue weighted by Gasteiger charge is 2.09. The first-order chi connectivity index (χ1) is 9.06. The number of hydrogen-bond acceptors (Lipinski definition) is 3. The smallest absolute Gasteiger partial charge is 0.488 e. The molecule has 0 saturated carbocycles. The average molecular weight is 277 g/mol. The van der Waals surface area contributed by atoms with Crippen molar-refractivity contribution in [1.29, 1.82) is 0 Å². The second-order valence-electron chi connectivity index (χ2n) is 4.31. The summed E-state index contributed by atoms with van der Waals surface area (Å²) in [4.78, 5) is 0. The molecule has 98 valence electrons. The van der Waals surface area contributed by atoms with Gasteiger partial charge in [-0.3, -0.25) is 0 Å². The molecule has 0 saturated heterocycles. The molecule has 0 aliphatic rings. The largest absolute Gasteiger partial charge is 0.489 e. The molecule has 5 heteroatoms. The fourth-order valence-electron chi connectivity index (χ4n) is 1.66. The minimum absolute atomic E-state index is 0.420. The molecule has 2 N–H and O–H groups in total.